The van der Waals surface area contributed by atoms with Gasteiger partial charge in [0, 0.05) is 22.2 Å². The average Bonchev–Trinajstić information content (AvgIpc) is 3.27. The van der Waals surface area contributed by atoms with Crippen LogP contribution in [0, 0.1) is 0 Å². The van der Waals surface area contributed by atoms with Crippen LogP contribution in [0.5, 0.6) is 11.5 Å². The second-order valence-corrected chi connectivity index (χ2v) is 7.19. The van der Waals surface area contributed by atoms with Crippen LogP contribution in [-0.4, -0.2) is 25.0 Å². The molecule has 2 amide bonds. The van der Waals surface area contributed by atoms with Crippen molar-refractivity contribution in [1.82, 2.24) is 5.32 Å². The zero-order valence-electron chi connectivity index (χ0n) is 15.4. The maximum atomic E-state index is 12.9. The van der Waals surface area contributed by atoms with Crippen molar-refractivity contribution in [3.63, 3.8) is 0 Å². The molecular weight excluding hydrogens is 388 g/mol. The maximum absolute atomic E-state index is 12.9. The molecule has 0 saturated heterocycles. The normalized spacial score (nSPS) is 12.9. The van der Waals surface area contributed by atoms with Crippen LogP contribution in [0.1, 0.15) is 15.2 Å². The van der Waals surface area contributed by atoms with Gasteiger partial charge in [-0.3, -0.25) is 9.59 Å². The summed E-state index contributed by atoms with van der Waals surface area (Å²) in [5, 5.41) is 7.43. The van der Waals surface area contributed by atoms with Gasteiger partial charge in [-0.2, -0.15) is 0 Å². The van der Waals surface area contributed by atoms with Gasteiger partial charge in [-0.15, -0.1) is 11.3 Å². The predicted molar refractivity (Wildman–Crippen MR) is 112 cm³/mol. The third kappa shape index (κ3) is 4.64. The van der Waals surface area contributed by atoms with Gasteiger partial charge in [0.25, 0.3) is 11.8 Å². The fraction of sp³-hybridized carbons (Fsp3) is 0.0909. The van der Waals surface area contributed by atoms with E-state index in [-0.39, 0.29) is 11.6 Å². The smallest absolute Gasteiger partial charge is 0.272 e. The van der Waals surface area contributed by atoms with Gasteiger partial charge in [0.2, 0.25) is 0 Å². The molecule has 0 aliphatic carbocycles. The number of hydrogen-bond donors (Lipinski definition) is 2. The largest absolute Gasteiger partial charge is 0.486 e. The van der Waals surface area contributed by atoms with Crippen LogP contribution >= 0.6 is 11.3 Å². The first-order chi connectivity index (χ1) is 14.2. The highest BCUT2D eigenvalue weighted by Gasteiger charge is 2.17. The van der Waals surface area contributed by atoms with Crippen LogP contribution in [0.15, 0.2) is 71.7 Å². The van der Waals surface area contributed by atoms with E-state index in [1.807, 2.05) is 23.6 Å². The Bertz CT molecular complexity index is 1050. The zero-order chi connectivity index (χ0) is 20.1. The molecule has 0 saturated carbocycles. The summed E-state index contributed by atoms with van der Waals surface area (Å²) in [6.07, 6.45) is 1.65. The Hall–Kier alpha value is -3.58. The maximum Gasteiger partial charge on any atom is 0.272 e. The van der Waals surface area contributed by atoms with Crippen LogP contribution in [0.4, 0.5) is 5.69 Å². The van der Waals surface area contributed by atoms with E-state index < -0.39 is 5.91 Å². The molecule has 2 N–H and O–H groups in total. The summed E-state index contributed by atoms with van der Waals surface area (Å²) in [7, 11) is 0. The van der Waals surface area contributed by atoms with Gasteiger partial charge < -0.3 is 20.1 Å². The van der Waals surface area contributed by atoms with E-state index in [4.69, 9.17) is 9.47 Å². The second-order valence-electron chi connectivity index (χ2n) is 6.21. The summed E-state index contributed by atoms with van der Waals surface area (Å²) in [5.41, 5.74) is 1.16. The molecule has 2 heterocycles. The Balaban J connectivity index is 1.56. The van der Waals surface area contributed by atoms with E-state index >= 15 is 0 Å². The monoisotopic (exact) mass is 406 g/mol. The van der Waals surface area contributed by atoms with Gasteiger partial charge in [-0.1, -0.05) is 24.3 Å². The molecule has 29 heavy (non-hydrogen) atoms. The highest BCUT2D eigenvalue weighted by Crippen LogP contribution is 2.32. The summed E-state index contributed by atoms with van der Waals surface area (Å²) in [6.45, 7) is 0.957. The van der Waals surface area contributed by atoms with E-state index in [0.29, 0.717) is 36.0 Å². The third-order valence-corrected chi connectivity index (χ3v) is 4.98. The Kier molecular flexibility index (Phi) is 5.58. The summed E-state index contributed by atoms with van der Waals surface area (Å²) in [4.78, 5) is 26.3. The molecule has 0 radical (unpaired) electrons. The van der Waals surface area contributed by atoms with Crippen LogP contribution < -0.4 is 20.1 Å². The highest BCUT2D eigenvalue weighted by atomic mass is 32.1. The molecule has 7 heteroatoms. The van der Waals surface area contributed by atoms with Gasteiger partial charge in [0.05, 0.1) is 0 Å². The van der Waals surface area contributed by atoms with Crippen molar-refractivity contribution in [3.8, 4) is 11.5 Å². The van der Waals surface area contributed by atoms with Gasteiger partial charge in [-0.05, 0) is 41.8 Å². The average molecular weight is 406 g/mol. The number of carbonyl (C=O) groups is 2. The first kappa shape index (κ1) is 18.8. The van der Waals surface area contributed by atoms with Crippen LogP contribution in [0.2, 0.25) is 0 Å². The number of fused-ring (bicyclic) bond motifs is 1. The summed E-state index contributed by atoms with van der Waals surface area (Å²) >= 11 is 1.47. The molecule has 3 aromatic rings. The number of anilines is 1. The minimum Gasteiger partial charge on any atom is -0.486 e. The number of amides is 2. The third-order valence-electron chi connectivity index (χ3n) is 4.16. The van der Waals surface area contributed by atoms with Crippen molar-refractivity contribution in [3.05, 3.63) is 82.2 Å². The SMILES string of the molecule is O=C(Nc1ccc2c(c1)OCCO2)/C(=C/c1cccs1)NC(=O)c1ccccc1. The van der Waals surface area contributed by atoms with Gasteiger partial charge in [0.1, 0.15) is 18.9 Å². The molecule has 1 aliphatic rings. The molecule has 0 bridgehead atoms. The second kappa shape index (κ2) is 8.62. The first-order valence-corrected chi connectivity index (χ1v) is 9.89. The van der Waals surface area contributed by atoms with E-state index in [1.54, 1.807) is 48.5 Å². The lowest BCUT2D eigenvalue weighted by molar-refractivity contribution is -0.113. The topological polar surface area (TPSA) is 76.7 Å². The number of hydrogen-bond acceptors (Lipinski definition) is 5. The minimum absolute atomic E-state index is 0.149. The number of thiophene rings is 1. The standard InChI is InChI=1S/C22H18N2O4S/c25-21(15-5-2-1-3-6-15)24-18(14-17-7-4-12-29-17)22(26)23-16-8-9-19-20(13-16)28-11-10-27-19/h1-9,12-14H,10-11H2,(H,23,26)(H,24,25)/b18-14-. The molecule has 0 fully saturated rings. The van der Waals surface area contributed by atoms with E-state index in [9.17, 15) is 9.59 Å². The molecule has 6 nitrogen and oxygen atoms in total. The number of nitrogens with one attached hydrogen (secondary N) is 2. The summed E-state index contributed by atoms with van der Waals surface area (Å²) in [5.74, 6) is 0.428. The van der Waals surface area contributed by atoms with Crippen molar-refractivity contribution < 1.29 is 19.1 Å². The number of benzene rings is 2. The fourth-order valence-electron chi connectivity index (χ4n) is 2.78. The molecule has 4 rings (SSSR count). The number of carbonyl (C=O) groups excluding carboxylic acids is 2. The van der Waals surface area contributed by atoms with Crippen LogP contribution in [0.25, 0.3) is 6.08 Å². The lowest BCUT2D eigenvalue weighted by Gasteiger charge is -2.19. The first-order valence-electron chi connectivity index (χ1n) is 9.02. The lowest BCUT2D eigenvalue weighted by atomic mass is 10.2. The molecule has 1 aromatic heterocycles. The van der Waals surface area contributed by atoms with Crippen molar-refractivity contribution in [2.24, 2.45) is 0 Å². The fourth-order valence-corrected chi connectivity index (χ4v) is 3.43. The predicted octanol–water partition coefficient (Wildman–Crippen LogP) is 3.93. The lowest BCUT2D eigenvalue weighted by Crippen LogP contribution is -2.30. The van der Waals surface area contributed by atoms with Gasteiger partial charge >= 0.3 is 0 Å². The molecule has 0 unspecified atom stereocenters. The van der Waals surface area contributed by atoms with Crippen molar-refractivity contribution >= 4 is 34.9 Å². The number of rotatable bonds is 5. The molecule has 0 atom stereocenters. The highest BCUT2D eigenvalue weighted by molar-refractivity contribution is 7.10. The summed E-state index contributed by atoms with van der Waals surface area (Å²) in [6, 6.07) is 17.7. The molecule has 0 spiro atoms. The quantitative estimate of drug-likeness (QED) is 0.630. The summed E-state index contributed by atoms with van der Waals surface area (Å²) < 4.78 is 11.1. The van der Waals surface area contributed by atoms with Crippen molar-refractivity contribution in [2.45, 2.75) is 0 Å². The van der Waals surface area contributed by atoms with E-state index in [2.05, 4.69) is 10.6 Å². The molecular formula is C22H18N2O4S. The Morgan fingerprint density at radius 1 is 0.931 bits per heavy atom. The Morgan fingerprint density at radius 3 is 2.48 bits per heavy atom. The van der Waals surface area contributed by atoms with E-state index in [0.717, 1.165) is 4.88 Å². The number of ether oxygens (including phenoxy) is 2. The van der Waals surface area contributed by atoms with E-state index in [1.165, 1.54) is 11.3 Å². The zero-order valence-corrected chi connectivity index (χ0v) is 16.2. The van der Waals surface area contributed by atoms with Gasteiger partial charge in [0.15, 0.2) is 11.5 Å². The van der Waals surface area contributed by atoms with Crippen molar-refractivity contribution in [1.29, 1.82) is 0 Å². The van der Waals surface area contributed by atoms with Gasteiger partial charge in [-0.25, -0.2) is 0 Å². The van der Waals surface area contributed by atoms with Crippen molar-refractivity contribution in [2.75, 3.05) is 18.5 Å². The Labute approximate surface area is 171 Å². The minimum atomic E-state index is -0.431. The van der Waals surface area contributed by atoms with Crippen LogP contribution in [0.3, 0.4) is 0 Å². The molecule has 146 valence electrons. The molecule has 1 aliphatic heterocycles. The molecule has 2 aromatic carbocycles. The Morgan fingerprint density at radius 2 is 1.72 bits per heavy atom. The van der Waals surface area contributed by atoms with Crippen LogP contribution in [-0.2, 0) is 4.79 Å².